The highest BCUT2D eigenvalue weighted by atomic mass is 16.5. The highest BCUT2D eigenvalue weighted by Crippen LogP contribution is 2.43. The molecule has 0 radical (unpaired) electrons. The van der Waals surface area contributed by atoms with Gasteiger partial charge in [0.05, 0.1) is 39.5 Å². The Morgan fingerprint density at radius 1 is 0.763 bits per heavy atom. The molecule has 1 heterocycles. The maximum Gasteiger partial charge on any atom is 0.295 e. The molecule has 0 saturated carbocycles. The molecule has 192 valence electrons. The van der Waals surface area contributed by atoms with Crippen LogP contribution in [0.1, 0.15) is 22.7 Å². The number of benzene rings is 4. The summed E-state index contributed by atoms with van der Waals surface area (Å²) in [6, 6.07) is 24.8. The first-order chi connectivity index (χ1) is 18.5. The summed E-state index contributed by atoms with van der Waals surface area (Å²) in [5, 5.41) is 13.4. The van der Waals surface area contributed by atoms with E-state index >= 15 is 0 Å². The van der Waals surface area contributed by atoms with Gasteiger partial charge in [-0.25, -0.2) is 0 Å². The van der Waals surface area contributed by atoms with Crippen LogP contribution in [0, 0.1) is 0 Å². The van der Waals surface area contributed by atoms with Gasteiger partial charge in [-0.2, -0.15) is 0 Å². The van der Waals surface area contributed by atoms with Crippen molar-refractivity contribution in [2.45, 2.75) is 12.6 Å². The van der Waals surface area contributed by atoms with Crippen molar-refractivity contribution in [2.75, 3.05) is 21.3 Å². The molecule has 1 N–H and O–H groups in total. The van der Waals surface area contributed by atoms with E-state index < -0.39 is 17.7 Å². The Kier molecular flexibility index (Phi) is 6.75. The minimum Gasteiger partial charge on any atom is -0.507 e. The van der Waals surface area contributed by atoms with E-state index in [4.69, 9.17) is 14.2 Å². The third kappa shape index (κ3) is 4.32. The number of para-hydroxylation sites is 1. The fourth-order valence-electron chi connectivity index (χ4n) is 4.92. The van der Waals surface area contributed by atoms with Crippen molar-refractivity contribution >= 4 is 28.2 Å². The molecule has 4 aromatic carbocycles. The lowest BCUT2D eigenvalue weighted by Crippen LogP contribution is -2.29. The molecular formula is C31H27NO6. The Balaban J connectivity index is 1.69. The summed E-state index contributed by atoms with van der Waals surface area (Å²) in [5.41, 5.74) is 1.78. The average Bonchev–Trinajstić information content (AvgIpc) is 3.21. The molecule has 1 aliphatic heterocycles. The van der Waals surface area contributed by atoms with E-state index in [2.05, 4.69) is 0 Å². The molecule has 1 amide bonds. The number of carbonyl (C=O) groups excluding carboxylic acids is 2. The van der Waals surface area contributed by atoms with E-state index in [1.807, 2.05) is 54.6 Å². The van der Waals surface area contributed by atoms with Gasteiger partial charge in [-0.15, -0.1) is 0 Å². The van der Waals surface area contributed by atoms with Crippen molar-refractivity contribution in [1.29, 1.82) is 0 Å². The summed E-state index contributed by atoms with van der Waals surface area (Å²) in [5.74, 6) is -0.166. The largest absolute Gasteiger partial charge is 0.507 e. The van der Waals surface area contributed by atoms with Gasteiger partial charge in [0.15, 0.2) is 11.5 Å². The Bertz CT molecular complexity index is 1570. The number of ether oxygens (including phenoxy) is 3. The van der Waals surface area contributed by atoms with Crippen LogP contribution in [0.4, 0.5) is 0 Å². The second-order valence-electron chi connectivity index (χ2n) is 8.92. The number of aliphatic hydroxyl groups excluding tert-OH is 1. The standard InChI is InChI=1S/C31H27NO6/c1-36-24-11-7-6-10-23(24)18-32-28(21-14-15-25(37-2)26(17-21)38-3)27(30(34)31(32)35)29(33)22-13-12-19-8-4-5-9-20(19)16-22/h4-17,28,33H,18H2,1-3H3/b29-27+. The second kappa shape index (κ2) is 10.3. The quantitative estimate of drug-likeness (QED) is 0.202. The lowest BCUT2D eigenvalue weighted by atomic mass is 9.94. The lowest BCUT2D eigenvalue weighted by Gasteiger charge is -2.26. The lowest BCUT2D eigenvalue weighted by molar-refractivity contribution is -0.140. The molecule has 1 aliphatic rings. The van der Waals surface area contributed by atoms with Crippen LogP contribution in [0.2, 0.25) is 0 Å². The van der Waals surface area contributed by atoms with Gasteiger partial charge in [0, 0.05) is 11.1 Å². The maximum atomic E-state index is 13.5. The molecule has 4 aromatic rings. The van der Waals surface area contributed by atoms with Gasteiger partial charge in [0.25, 0.3) is 11.7 Å². The molecule has 7 heteroatoms. The predicted octanol–water partition coefficient (Wildman–Crippen LogP) is 5.49. The van der Waals surface area contributed by atoms with Crippen LogP contribution in [-0.2, 0) is 16.1 Å². The van der Waals surface area contributed by atoms with Gasteiger partial charge in [0.2, 0.25) is 0 Å². The zero-order valence-corrected chi connectivity index (χ0v) is 21.3. The molecule has 7 nitrogen and oxygen atoms in total. The van der Waals surface area contributed by atoms with E-state index in [-0.39, 0.29) is 17.9 Å². The number of fused-ring (bicyclic) bond motifs is 1. The number of ketones is 1. The topological polar surface area (TPSA) is 85.3 Å². The SMILES string of the molecule is COc1ccccc1CN1C(=O)C(=O)/C(=C(/O)c2ccc3ccccc3c2)C1c1ccc(OC)c(OC)c1. The van der Waals surface area contributed by atoms with Crippen LogP contribution in [0.5, 0.6) is 17.2 Å². The molecule has 1 fully saturated rings. The summed E-state index contributed by atoms with van der Waals surface area (Å²) in [7, 11) is 4.60. The molecule has 1 atom stereocenters. The highest BCUT2D eigenvalue weighted by Gasteiger charge is 2.46. The summed E-state index contributed by atoms with van der Waals surface area (Å²) < 4.78 is 16.4. The van der Waals surface area contributed by atoms with Crippen molar-refractivity contribution in [2.24, 2.45) is 0 Å². The number of carbonyl (C=O) groups is 2. The van der Waals surface area contributed by atoms with Crippen LogP contribution in [0.3, 0.4) is 0 Å². The third-order valence-electron chi connectivity index (χ3n) is 6.82. The Morgan fingerprint density at radius 2 is 1.45 bits per heavy atom. The zero-order valence-electron chi connectivity index (χ0n) is 21.3. The smallest absolute Gasteiger partial charge is 0.295 e. The van der Waals surface area contributed by atoms with E-state index in [1.165, 1.54) is 19.1 Å². The summed E-state index contributed by atoms with van der Waals surface area (Å²) >= 11 is 0. The van der Waals surface area contributed by atoms with Crippen molar-refractivity contribution in [3.05, 3.63) is 107 Å². The summed E-state index contributed by atoms with van der Waals surface area (Å²) in [4.78, 5) is 28.4. The van der Waals surface area contributed by atoms with Crippen molar-refractivity contribution in [1.82, 2.24) is 4.90 Å². The monoisotopic (exact) mass is 509 g/mol. The Morgan fingerprint density at radius 3 is 2.18 bits per heavy atom. The number of methoxy groups -OCH3 is 3. The van der Waals surface area contributed by atoms with Crippen LogP contribution >= 0.6 is 0 Å². The Hall–Kier alpha value is -4.78. The van der Waals surface area contributed by atoms with Crippen molar-refractivity contribution in [3.63, 3.8) is 0 Å². The van der Waals surface area contributed by atoms with Gasteiger partial charge in [-0.05, 0) is 40.6 Å². The van der Waals surface area contributed by atoms with Gasteiger partial charge in [-0.3, -0.25) is 9.59 Å². The van der Waals surface area contributed by atoms with Gasteiger partial charge < -0.3 is 24.2 Å². The number of Topliss-reactive ketones (excluding diaryl/α,β-unsaturated/α-hetero) is 1. The van der Waals surface area contributed by atoms with Crippen molar-refractivity contribution in [3.8, 4) is 17.2 Å². The first-order valence-corrected chi connectivity index (χ1v) is 12.1. The van der Waals surface area contributed by atoms with Crippen LogP contribution in [-0.4, -0.2) is 43.0 Å². The number of likely N-dealkylation sites (tertiary alicyclic amines) is 1. The van der Waals surface area contributed by atoms with Crippen molar-refractivity contribution < 1.29 is 28.9 Å². The molecule has 1 saturated heterocycles. The number of hydrogen-bond donors (Lipinski definition) is 1. The number of aliphatic hydroxyl groups is 1. The summed E-state index contributed by atoms with van der Waals surface area (Å²) in [6.45, 7) is 0.0993. The van der Waals surface area contributed by atoms with Crippen LogP contribution < -0.4 is 14.2 Å². The highest BCUT2D eigenvalue weighted by molar-refractivity contribution is 6.46. The van der Waals surface area contributed by atoms with Gasteiger partial charge in [-0.1, -0.05) is 60.7 Å². The fourth-order valence-corrected chi connectivity index (χ4v) is 4.92. The average molecular weight is 510 g/mol. The molecule has 1 unspecified atom stereocenters. The molecular weight excluding hydrogens is 482 g/mol. The molecule has 5 rings (SSSR count). The van der Waals surface area contributed by atoms with Crippen LogP contribution in [0.25, 0.3) is 16.5 Å². The molecule has 38 heavy (non-hydrogen) atoms. The van der Waals surface area contributed by atoms with E-state index in [0.29, 0.717) is 28.4 Å². The van der Waals surface area contributed by atoms with E-state index in [9.17, 15) is 14.7 Å². The second-order valence-corrected chi connectivity index (χ2v) is 8.92. The molecule has 0 aromatic heterocycles. The molecule has 0 bridgehead atoms. The zero-order chi connectivity index (χ0) is 26.8. The van der Waals surface area contributed by atoms with Gasteiger partial charge >= 0.3 is 0 Å². The minimum atomic E-state index is -0.869. The predicted molar refractivity (Wildman–Crippen MR) is 144 cm³/mol. The van der Waals surface area contributed by atoms with Crippen LogP contribution in [0.15, 0.2) is 90.5 Å². The van der Waals surface area contributed by atoms with E-state index in [1.54, 1.807) is 37.4 Å². The number of amides is 1. The number of hydrogen-bond acceptors (Lipinski definition) is 6. The van der Waals surface area contributed by atoms with E-state index in [0.717, 1.165) is 16.3 Å². The molecule has 0 spiro atoms. The maximum absolute atomic E-state index is 13.5. The number of nitrogens with zero attached hydrogens (tertiary/aromatic N) is 1. The number of rotatable bonds is 7. The fraction of sp³-hybridized carbons (Fsp3) is 0.161. The third-order valence-corrected chi connectivity index (χ3v) is 6.82. The normalized spacial score (nSPS) is 16.6. The molecule has 0 aliphatic carbocycles. The Labute approximate surface area is 220 Å². The summed E-state index contributed by atoms with van der Waals surface area (Å²) in [6.07, 6.45) is 0. The minimum absolute atomic E-state index is 0.00685. The first-order valence-electron chi connectivity index (χ1n) is 12.1. The van der Waals surface area contributed by atoms with Gasteiger partial charge in [0.1, 0.15) is 11.5 Å². The first kappa shape index (κ1) is 24.9.